The second kappa shape index (κ2) is 14.2. The molecule has 0 saturated carbocycles. The van der Waals surface area contributed by atoms with Gasteiger partial charge >= 0.3 is 5.97 Å². The fourth-order valence-electron chi connectivity index (χ4n) is 2.14. The minimum Gasteiger partial charge on any atom is -0.481 e. The Kier molecular flexibility index (Phi) is 11.9. The molecule has 0 aromatic rings. The molecule has 0 aliphatic carbocycles. The molecule has 0 bridgehead atoms. The van der Waals surface area contributed by atoms with E-state index in [4.69, 9.17) is 9.84 Å². The summed E-state index contributed by atoms with van der Waals surface area (Å²) in [6, 6.07) is 0. The Bertz CT molecular complexity index is 535. The Labute approximate surface area is 151 Å². The van der Waals surface area contributed by atoms with E-state index >= 15 is 0 Å². The maximum atomic E-state index is 10.3. The molecular weight excluding hydrogens is 312 g/mol. The van der Waals surface area contributed by atoms with Crippen molar-refractivity contribution in [3.63, 3.8) is 0 Å². The zero-order chi connectivity index (χ0) is 18.2. The number of rotatable bonds is 13. The highest BCUT2D eigenvalue weighted by atomic mass is 16.6. The Hall–Kier alpha value is -2.13. The van der Waals surface area contributed by atoms with E-state index in [1.807, 2.05) is 36.5 Å². The Morgan fingerprint density at radius 3 is 2.40 bits per heavy atom. The van der Waals surface area contributed by atoms with Crippen molar-refractivity contribution in [2.45, 2.75) is 57.7 Å². The molecule has 1 fully saturated rings. The van der Waals surface area contributed by atoms with Crippen molar-refractivity contribution in [1.82, 2.24) is 0 Å². The second-order valence-electron chi connectivity index (χ2n) is 5.80. The van der Waals surface area contributed by atoms with Crippen molar-refractivity contribution in [3.05, 3.63) is 72.9 Å². The molecule has 2 unspecified atom stereocenters. The standard InChI is InChI=1S/C22H30O3/c1-2-3-14-17-20-21(25-20)18-15-12-10-8-6-4-5-7-9-11-13-16-19-22(23)24/h3,5-8,10-15,18,20-21H,2,4,9,16-17,19H2,1H3,(H,23,24). The SMILES string of the molecule is CCC=CCC1OC1C=CC=CC=CCC=CCC=CCCC(=O)O. The van der Waals surface area contributed by atoms with Crippen LogP contribution in [-0.4, -0.2) is 23.3 Å². The van der Waals surface area contributed by atoms with Crippen LogP contribution >= 0.6 is 0 Å². The maximum Gasteiger partial charge on any atom is 0.303 e. The predicted molar refractivity (Wildman–Crippen MR) is 105 cm³/mol. The van der Waals surface area contributed by atoms with Crippen LogP contribution in [0, 0.1) is 0 Å². The molecule has 1 rings (SSSR count). The summed E-state index contributed by atoms with van der Waals surface area (Å²) in [4.78, 5) is 10.3. The van der Waals surface area contributed by atoms with Crippen LogP contribution in [-0.2, 0) is 9.53 Å². The van der Waals surface area contributed by atoms with Crippen LogP contribution in [0.1, 0.15) is 45.4 Å². The smallest absolute Gasteiger partial charge is 0.303 e. The van der Waals surface area contributed by atoms with Gasteiger partial charge in [-0.05, 0) is 32.1 Å². The zero-order valence-corrected chi connectivity index (χ0v) is 15.1. The Balaban J connectivity index is 2.01. The number of aliphatic carboxylic acids is 1. The predicted octanol–water partition coefficient (Wildman–Crippen LogP) is 5.54. The summed E-state index contributed by atoms with van der Waals surface area (Å²) in [7, 11) is 0. The molecular formula is C22H30O3. The van der Waals surface area contributed by atoms with Crippen molar-refractivity contribution in [3.8, 4) is 0 Å². The van der Waals surface area contributed by atoms with Crippen LogP contribution in [0.25, 0.3) is 0 Å². The van der Waals surface area contributed by atoms with Gasteiger partial charge < -0.3 is 9.84 Å². The summed E-state index contributed by atoms with van der Waals surface area (Å²) in [5.74, 6) is -0.748. The zero-order valence-electron chi connectivity index (χ0n) is 15.1. The van der Waals surface area contributed by atoms with Gasteiger partial charge in [0.2, 0.25) is 0 Å². The number of carbonyl (C=O) groups is 1. The van der Waals surface area contributed by atoms with Gasteiger partial charge in [-0.3, -0.25) is 4.79 Å². The van der Waals surface area contributed by atoms with E-state index in [9.17, 15) is 4.79 Å². The number of carboxylic acid groups (broad SMARTS) is 1. The highest BCUT2D eigenvalue weighted by molar-refractivity contribution is 5.66. The molecule has 0 radical (unpaired) electrons. The largest absolute Gasteiger partial charge is 0.481 e. The summed E-state index contributed by atoms with van der Waals surface area (Å²) in [6.45, 7) is 2.14. The molecule has 3 nitrogen and oxygen atoms in total. The molecule has 136 valence electrons. The summed E-state index contributed by atoms with van der Waals surface area (Å²) in [6.07, 6.45) is 30.1. The van der Waals surface area contributed by atoms with E-state index in [-0.39, 0.29) is 12.5 Å². The van der Waals surface area contributed by atoms with Crippen LogP contribution in [0.4, 0.5) is 0 Å². The summed E-state index contributed by atoms with van der Waals surface area (Å²) >= 11 is 0. The van der Waals surface area contributed by atoms with Crippen molar-refractivity contribution in [2.24, 2.45) is 0 Å². The van der Waals surface area contributed by atoms with E-state index in [1.165, 1.54) is 0 Å². The van der Waals surface area contributed by atoms with Crippen LogP contribution < -0.4 is 0 Å². The van der Waals surface area contributed by atoms with E-state index in [1.54, 1.807) is 0 Å². The van der Waals surface area contributed by atoms with Crippen LogP contribution in [0.5, 0.6) is 0 Å². The molecule has 2 atom stereocenters. The molecule has 0 spiro atoms. The van der Waals surface area contributed by atoms with Gasteiger partial charge in [0.1, 0.15) is 6.10 Å². The average Bonchev–Trinajstić information content (AvgIpc) is 3.33. The van der Waals surface area contributed by atoms with Crippen molar-refractivity contribution < 1.29 is 14.6 Å². The third-order valence-electron chi connectivity index (χ3n) is 3.57. The molecule has 1 aliphatic heterocycles. The number of hydrogen-bond donors (Lipinski definition) is 1. The molecule has 1 N–H and O–H groups in total. The van der Waals surface area contributed by atoms with Crippen LogP contribution in [0.2, 0.25) is 0 Å². The highest BCUT2D eigenvalue weighted by Crippen LogP contribution is 2.26. The monoisotopic (exact) mass is 342 g/mol. The number of carboxylic acids is 1. The van der Waals surface area contributed by atoms with E-state index in [0.717, 1.165) is 25.7 Å². The lowest BCUT2D eigenvalue weighted by atomic mass is 10.2. The first kappa shape index (κ1) is 20.9. The molecule has 0 aromatic carbocycles. The van der Waals surface area contributed by atoms with Crippen LogP contribution in [0.3, 0.4) is 0 Å². The van der Waals surface area contributed by atoms with E-state index < -0.39 is 5.97 Å². The lowest BCUT2D eigenvalue weighted by molar-refractivity contribution is -0.136. The molecule has 1 heterocycles. The van der Waals surface area contributed by atoms with Gasteiger partial charge in [-0.2, -0.15) is 0 Å². The molecule has 0 amide bonds. The third-order valence-corrected chi connectivity index (χ3v) is 3.57. The summed E-state index contributed by atoms with van der Waals surface area (Å²) in [5, 5.41) is 8.50. The highest BCUT2D eigenvalue weighted by Gasteiger charge is 2.34. The van der Waals surface area contributed by atoms with E-state index in [2.05, 4.69) is 43.4 Å². The molecule has 25 heavy (non-hydrogen) atoms. The summed E-state index contributed by atoms with van der Waals surface area (Å²) in [5.41, 5.74) is 0. The fourth-order valence-corrected chi connectivity index (χ4v) is 2.14. The van der Waals surface area contributed by atoms with E-state index in [0.29, 0.717) is 12.5 Å². The molecule has 1 saturated heterocycles. The number of ether oxygens (including phenoxy) is 1. The first-order valence-electron chi connectivity index (χ1n) is 9.06. The third kappa shape index (κ3) is 12.9. The first-order chi connectivity index (χ1) is 12.2. The number of hydrogen-bond acceptors (Lipinski definition) is 2. The average molecular weight is 342 g/mol. The van der Waals surface area contributed by atoms with Crippen molar-refractivity contribution in [2.75, 3.05) is 0 Å². The summed E-state index contributed by atoms with van der Waals surface area (Å²) < 4.78 is 5.55. The fraction of sp³-hybridized carbons (Fsp3) is 0.409. The molecule has 3 heteroatoms. The Morgan fingerprint density at radius 2 is 1.64 bits per heavy atom. The molecule has 1 aliphatic rings. The quantitative estimate of drug-likeness (QED) is 0.272. The van der Waals surface area contributed by atoms with Crippen LogP contribution in [0.15, 0.2) is 72.9 Å². The first-order valence-corrected chi connectivity index (χ1v) is 9.06. The van der Waals surface area contributed by atoms with Gasteiger partial charge in [-0.15, -0.1) is 0 Å². The number of allylic oxidation sites excluding steroid dienone is 10. The maximum absolute atomic E-state index is 10.3. The van der Waals surface area contributed by atoms with Gasteiger partial charge in [0.15, 0.2) is 0 Å². The lowest BCUT2D eigenvalue weighted by Gasteiger charge is -1.86. The second-order valence-corrected chi connectivity index (χ2v) is 5.80. The Morgan fingerprint density at radius 1 is 0.920 bits per heavy atom. The molecule has 0 aromatic heterocycles. The van der Waals surface area contributed by atoms with Gasteiger partial charge in [0.25, 0.3) is 0 Å². The minimum absolute atomic E-state index is 0.202. The van der Waals surface area contributed by atoms with Gasteiger partial charge in [-0.25, -0.2) is 0 Å². The number of epoxide rings is 1. The lowest BCUT2D eigenvalue weighted by Crippen LogP contribution is -1.91. The normalized spacial score (nSPS) is 21.2. The van der Waals surface area contributed by atoms with Crippen molar-refractivity contribution in [1.29, 1.82) is 0 Å². The minimum atomic E-state index is -0.748. The topological polar surface area (TPSA) is 49.8 Å². The van der Waals surface area contributed by atoms with Gasteiger partial charge in [0.05, 0.1) is 6.10 Å². The van der Waals surface area contributed by atoms with Crippen molar-refractivity contribution >= 4 is 5.97 Å². The van der Waals surface area contributed by atoms with Gasteiger partial charge in [-0.1, -0.05) is 79.8 Å². The van der Waals surface area contributed by atoms with Gasteiger partial charge in [0, 0.05) is 6.42 Å².